The number of halogens is 1. The van der Waals surface area contributed by atoms with Crippen molar-refractivity contribution >= 4 is 27.5 Å². The number of rotatable bonds is 15. The van der Waals surface area contributed by atoms with Crippen molar-refractivity contribution in [2.45, 2.75) is 64.4 Å². The lowest BCUT2D eigenvalue weighted by Gasteiger charge is -2.33. The van der Waals surface area contributed by atoms with Gasteiger partial charge in [-0.2, -0.15) is 0 Å². The average molecular weight is 598 g/mol. The largest absolute Gasteiger partial charge is 0.494 e. The molecule has 0 saturated carbocycles. The molecular formula is C32H40FN3O5S. The molecule has 0 fully saturated rings. The van der Waals surface area contributed by atoms with Crippen molar-refractivity contribution in [2.24, 2.45) is 0 Å². The maximum Gasteiger partial charge on any atom is 0.264 e. The Labute approximate surface area is 248 Å². The van der Waals surface area contributed by atoms with E-state index in [0.29, 0.717) is 25.3 Å². The normalized spacial score (nSPS) is 11.9. The summed E-state index contributed by atoms with van der Waals surface area (Å²) in [5.74, 6) is -0.894. The topological polar surface area (TPSA) is 96.0 Å². The molecule has 0 aliphatic heterocycles. The van der Waals surface area contributed by atoms with E-state index in [1.165, 1.54) is 29.2 Å². The lowest BCUT2D eigenvalue weighted by molar-refractivity contribution is -0.140. The van der Waals surface area contributed by atoms with E-state index in [1.54, 1.807) is 12.1 Å². The second-order valence-corrected chi connectivity index (χ2v) is 11.8. The van der Waals surface area contributed by atoms with Gasteiger partial charge in [0, 0.05) is 13.1 Å². The molecule has 0 bridgehead atoms. The van der Waals surface area contributed by atoms with Gasteiger partial charge in [0.1, 0.15) is 24.2 Å². The van der Waals surface area contributed by atoms with Crippen LogP contribution in [0.25, 0.3) is 0 Å². The molecule has 0 aromatic heterocycles. The molecule has 10 heteroatoms. The molecule has 1 N–H and O–H groups in total. The number of ether oxygens (including phenoxy) is 1. The molecule has 3 aromatic rings. The van der Waals surface area contributed by atoms with E-state index < -0.39 is 34.3 Å². The number of hydrogen-bond acceptors (Lipinski definition) is 5. The summed E-state index contributed by atoms with van der Waals surface area (Å²) in [5, 5.41) is 2.92. The van der Waals surface area contributed by atoms with E-state index in [0.717, 1.165) is 40.4 Å². The van der Waals surface area contributed by atoms with Crippen LogP contribution in [0.3, 0.4) is 0 Å². The lowest BCUT2D eigenvalue weighted by atomic mass is 10.1. The minimum absolute atomic E-state index is 0.0575. The van der Waals surface area contributed by atoms with E-state index >= 15 is 0 Å². The fourth-order valence-electron chi connectivity index (χ4n) is 4.53. The summed E-state index contributed by atoms with van der Waals surface area (Å²) in [4.78, 5) is 28.8. The van der Waals surface area contributed by atoms with Gasteiger partial charge in [0.2, 0.25) is 11.8 Å². The summed E-state index contributed by atoms with van der Waals surface area (Å²) in [6.45, 7) is 8.00. The Kier molecular flexibility index (Phi) is 11.9. The van der Waals surface area contributed by atoms with E-state index in [2.05, 4.69) is 5.32 Å². The van der Waals surface area contributed by atoms with Crippen LogP contribution in [0.2, 0.25) is 0 Å². The molecule has 0 spiro atoms. The molecule has 42 heavy (non-hydrogen) atoms. The second kappa shape index (κ2) is 15.3. The van der Waals surface area contributed by atoms with Crippen LogP contribution < -0.4 is 14.4 Å². The number of anilines is 1. The number of aryl methyl sites for hydroxylation is 1. The van der Waals surface area contributed by atoms with E-state index in [1.807, 2.05) is 52.0 Å². The van der Waals surface area contributed by atoms with E-state index in [9.17, 15) is 22.4 Å². The average Bonchev–Trinajstić information content (AvgIpc) is 2.97. The minimum atomic E-state index is -4.27. The van der Waals surface area contributed by atoms with Crippen LogP contribution in [0.4, 0.5) is 10.1 Å². The zero-order valence-corrected chi connectivity index (χ0v) is 25.5. The third-order valence-corrected chi connectivity index (χ3v) is 8.72. The van der Waals surface area contributed by atoms with Crippen LogP contribution in [0.15, 0.2) is 77.7 Å². The molecule has 0 saturated heterocycles. The van der Waals surface area contributed by atoms with Gasteiger partial charge in [-0.15, -0.1) is 0 Å². The molecule has 2 amide bonds. The van der Waals surface area contributed by atoms with Gasteiger partial charge >= 0.3 is 0 Å². The molecule has 226 valence electrons. The Morgan fingerprint density at radius 1 is 0.952 bits per heavy atom. The van der Waals surface area contributed by atoms with E-state index in [-0.39, 0.29) is 23.0 Å². The van der Waals surface area contributed by atoms with Crippen LogP contribution in [-0.2, 0) is 26.2 Å². The Morgan fingerprint density at radius 2 is 1.62 bits per heavy atom. The first-order valence-electron chi connectivity index (χ1n) is 14.2. The molecule has 0 aliphatic carbocycles. The maximum absolute atomic E-state index is 14.1. The summed E-state index contributed by atoms with van der Waals surface area (Å²) in [5.41, 5.74) is 1.90. The van der Waals surface area contributed by atoms with Crippen LogP contribution in [-0.4, -0.2) is 50.9 Å². The van der Waals surface area contributed by atoms with Gasteiger partial charge < -0.3 is 15.0 Å². The number of amides is 2. The van der Waals surface area contributed by atoms with Crippen molar-refractivity contribution in [3.63, 3.8) is 0 Å². The van der Waals surface area contributed by atoms with Crippen molar-refractivity contribution in [1.29, 1.82) is 0 Å². The first kappa shape index (κ1) is 32.6. The predicted molar refractivity (Wildman–Crippen MR) is 162 cm³/mol. The highest BCUT2D eigenvalue weighted by molar-refractivity contribution is 7.92. The highest BCUT2D eigenvalue weighted by Gasteiger charge is 2.33. The van der Waals surface area contributed by atoms with Crippen molar-refractivity contribution < 1.29 is 27.1 Å². The van der Waals surface area contributed by atoms with Crippen LogP contribution >= 0.6 is 0 Å². The molecule has 0 unspecified atom stereocenters. The molecule has 0 heterocycles. The first-order chi connectivity index (χ1) is 20.1. The van der Waals surface area contributed by atoms with Gasteiger partial charge in [0.25, 0.3) is 10.0 Å². The number of carbonyl (C=O) groups is 2. The fraction of sp³-hybridized carbons (Fsp3) is 0.375. The SMILES string of the molecule is CCCCNC(=O)[C@@H](CC)N(Cc1ccccc1C)C(=O)CN(c1ccc(F)cc1)S(=O)(=O)c1ccc(OCC)cc1. The Balaban J connectivity index is 2.03. The molecule has 1 atom stereocenters. The lowest BCUT2D eigenvalue weighted by Crippen LogP contribution is -2.52. The minimum Gasteiger partial charge on any atom is -0.494 e. The molecular weight excluding hydrogens is 557 g/mol. The smallest absolute Gasteiger partial charge is 0.264 e. The number of sulfonamides is 1. The van der Waals surface area contributed by atoms with Crippen LogP contribution in [0, 0.1) is 12.7 Å². The third kappa shape index (κ3) is 8.31. The van der Waals surface area contributed by atoms with Gasteiger partial charge in [-0.1, -0.05) is 44.5 Å². The summed E-state index contributed by atoms with van der Waals surface area (Å²) in [6, 6.07) is 17.5. The van der Waals surface area contributed by atoms with Gasteiger partial charge in [0.15, 0.2) is 0 Å². The molecule has 0 aliphatic rings. The predicted octanol–water partition coefficient (Wildman–Crippen LogP) is 5.45. The Hall–Kier alpha value is -3.92. The molecule has 3 rings (SSSR count). The van der Waals surface area contributed by atoms with Crippen molar-refractivity contribution in [1.82, 2.24) is 10.2 Å². The number of hydrogen-bond donors (Lipinski definition) is 1. The zero-order chi connectivity index (χ0) is 30.7. The quantitative estimate of drug-likeness (QED) is 0.235. The number of benzene rings is 3. The maximum atomic E-state index is 14.1. The van der Waals surface area contributed by atoms with Gasteiger partial charge in [-0.3, -0.25) is 13.9 Å². The molecule has 0 radical (unpaired) electrons. The highest BCUT2D eigenvalue weighted by atomic mass is 32.2. The van der Waals surface area contributed by atoms with Crippen molar-refractivity contribution in [2.75, 3.05) is 24.0 Å². The van der Waals surface area contributed by atoms with Crippen molar-refractivity contribution in [3.8, 4) is 5.75 Å². The molecule has 3 aromatic carbocycles. The summed E-state index contributed by atoms with van der Waals surface area (Å²) < 4.78 is 48.1. The number of carbonyl (C=O) groups excluding carboxylic acids is 2. The van der Waals surface area contributed by atoms with Crippen LogP contribution in [0.5, 0.6) is 5.75 Å². The first-order valence-corrected chi connectivity index (χ1v) is 15.7. The third-order valence-electron chi connectivity index (χ3n) is 6.93. The highest BCUT2D eigenvalue weighted by Crippen LogP contribution is 2.26. The number of unbranched alkanes of at least 4 members (excludes halogenated alkanes) is 1. The Bertz CT molecular complexity index is 1430. The summed E-state index contributed by atoms with van der Waals surface area (Å²) >= 11 is 0. The van der Waals surface area contributed by atoms with Gasteiger partial charge in [0.05, 0.1) is 17.2 Å². The fourth-order valence-corrected chi connectivity index (χ4v) is 5.95. The number of nitrogens with zero attached hydrogens (tertiary/aromatic N) is 2. The molecule has 8 nitrogen and oxygen atoms in total. The zero-order valence-electron chi connectivity index (χ0n) is 24.7. The summed E-state index contributed by atoms with van der Waals surface area (Å²) in [6.07, 6.45) is 2.03. The Morgan fingerprint density at radius 3 is 2.21 bits per heavy atom. The van der Waals surface area contributed by atoms with E-state index in [4.69, 9.17) is 4.74 Å². The van der Waals surface area contributed by atoms with Gasteiger partial charge in [-0.25, -0.2) is 12.8 Å². The van der Waals surface area contributed by atoms with Crippen LogP contribution in [0.1, 0.15) is 51.2 Å². The standard InChI is InChI=1S/C32H40FN3O5S/c1-5-8-21-34-32(38)30(6-2)35(22-25-12-10-9-11-24(25)4)31(37)23-36(27-15-13-26(33)14-16-27)42(39,40)29-19-17-28(18-20-29)41-7-3/h9-20,30H,5-8,21-23H2,1-4H3,(H,34,38)/t30-/m1/s1. The van der Waals surface area contributed by atoms with Gasteiger partial charge in [-0.05, 0) is 86.3 Å². The summed E-state index contributed by atoms with van der Waals surface area (Å²) in [7, 11) is -4.27. The second-order valence-electron chi connectivity index (χ2n) is 9.91. The monoisotopic (exact) mass is 597 g/mol. The van der Waals surface area contributed by atoms with Crippen molar-refractivity contribution in [3.05, 3.63) is 89.7 Å². The number of nitrogens with one attached hydrogen (secondary N) is 1.